The molecule has 2 aromatic rings. The van der Waals surface area contributed by atoms with Gasteiger partial charge in [-0.3, -0.25) is 13.9 Å². The van der Waals surface area contributed by atoms with Crippen molar-refractivity contribution in [3.8, 4) is 6.07 Å². The SMILES string of the molecule is Cn1c(N2CC(O)CC2c2ccc(F)cc2)c(C#N)c(=O)n(C)c1=O. The van der Waals surface area contributed by atoms with Crippen molar-refractivity contribution in [1.29, 1.82) is 5.26 Å². The maximum Gasteiger partial charge on any atom is 0.332 e. The Labute approximate surface area is 142 Å². The Hall–Kier alpha value is -2.92. The van der Waals surface area contributed by atoms with E-state index in [2.05, 4.69) is 0 Å². The molecule has 0 saturated carbocycles. The number of nitriles is 1. The molecule has 25 heavy (non-hydrogen) atoms. The summed E-state index contributed by atoms with van der Waals surface area (Å²) in [6.07, 6.45) is -0.347. The fourth-order valence-corrected chi connectivity index (χ4v) is 3.32. The van der Waals surface area contributed by atoms with Gasteiger partial charge in [0.15, 0.2) is 5.56 Å². The Morgan fingerprint density at radius 1 is 1.20 bits per heavy atom. The second kappa shape index (κ2) is 6.18. The van der Waals surface area contributed by atoms with E-state index in [-0.39, 0.29) is 29.8 Å². The van der Waals surface area contributed by atoms with Gasteiger partial charge < -0.3 is 10.0 Å². The fraction of sp³-hybridized carbons (Fsp3) is 0.353. The van der Waals surface area contributed by atoms with Crippen LogP contribution in [0.25, 0.3) is 0 Å². The first-order chi connectivity index (χ1) is 11.8. The van der Waals surface area contributed by atoms with E-state index in [0.29, 0.717) is 6.42 Å². The minimum Gasteiger partial charge on any atom is -0.391 e. The lowest BCUT2D eigenvalue weighted by atomic mass is 10.0. The summed E-state index contributed by atoms with van der Waals surface area (Å²) in [5.74, 6) is -0.214. The van der Waals surface area contributed by atoms with Crippen molar-refractivity contribution in [3.05, 3.63) is 62.0 Å². The van der Waals surface area contributed by atoms with Crippen LogP contribution >= 0.6 is 0 Å². The normalized spacial score (nSPS) is 19.9. The molecule has 0 amide bonds. The fourth-order valence-electron chi connectivity index (χ4n) is 3.32. The molecule has 1 saturated heterocycles. The number of aliphatic hydroxyl groups is 1. The van der Waals surface area contributed by atoms with Crippen LogP contribution in [0.3, 0.4) is 0 Å². The van der Waals surface area contributed by atoms with E-state index in [9.17, 15) is 24.3 Å². The van der Waals surface area contributed by atoms with Crippen molar-refractivity contribution in [3.63, 3.8) is 0 Å². The van der Waals surface area contributed by atoms with Crippen molar-refractivity contribution in [1.82, 2.24) is 9.13 Å². The number of rotatable bonds is 2. The summed E-state index contributed by atoms with van der Waals surface area (Å²) in [7, 11) is 2.79. The highest BCUT2D eigenvalue weighted by molar-refractivity contribution is 5.56. The van der Waals surface area contributed by atoms with Crippen LogP contribution in [0.15, 0.2) is 33.9 Å². The lowest BCUT2D eigenvalue weighted by molar-refractivity contribution is 0.194. The first-order valence-corrected chi connectivity index (χ1v) is 7.75. The molecule has 1 aromatic heterocycles. The van der Waals surface area contributed by atoms with Crippen LogP contribution in [-0.2, 0) is 14.1 Å². The molecule has 3 rings (SSSR count). The second-order valence-corrected chi connectivity index (χ2v) is 6.13. The van der Waals surface area contributed by atoms with E-state index in [1.165, 1.54) is 30.8 Å². The summed E-state index contributed by atoms with van der Waals surface area (Å²) in [6.45, 7) is 0.164. The van der Waals surface area contributed by atoms with Crippen LogP contribution in [0, 0.1) is 17.1 Å². The molecule has 8 heteroatoms. The molecule has 0 aliphatic carbocycles. The molecule has 1 fully saturated rings. The average molecular weight is 344 g/mol. The third-order valence-corrected chi connectivity index (χ3v) is 4.55. The molecular weight excluding hydrogens is 327 g/mol. The molecule has 0 spiro atoms. The van der Waals surface area contributed by atoms with E-state index < -0.39 is 17.4 Å². The van der Waals surface area contributed by atoms with Crippen LogP contribution < -0.4 is 16.1 Å². The molecule has 1 N–H and O–H groups in total. The van der Waals surface area contributed by atoms with Crippen molar-refractivity contribution in [2.45, 2.75) is 18.6 Å². The summed E-state index contributed by atoms with van der Waals surface area (Å²) in [5, 5.41) is 19.6. The van der Waals surface area contributed by atoms with Gasteiger partial charge in [-0.05, 0) is 24.1 Å². The van der Waals surface area contributed by atoms with Gasteiger partial charge in [-0.15, -0.1) is 0 Å². The maximum absolute atomic E-state index is 13.2. The number of benzene rings is 1. The number of hydrogen-bond donors (Lipinski definition) is 1. The predicted octanol–water partition coefficient (Wildman–Crippen LogP) is 0.407. The first-order valence-electron chi connectivity index (χ1n) is 7.75. The molecule has 130 valence electrons. The minimum atomic E-state index is -0.694. The molecule has 1 aliphatic rings. The molecule has 1 aromatic carbocycles. The van der Waals surface area contributed by atoms with E-state index in [4.69, 9.17) is 0 Å². The van der Waals surface area contributed by atoms with E-state index >= 15 is 0 Å². The molecule has 2 heterocycles. The van der Waals surface area contributed by atoms with Crippen LogP contribution in [0.1, 0.15) is 23.6 Å². The molecule has 7 nitrogen and oxygen atoms in total. The zero-order valence-electron chi connectivity index (χ0n) is 13.8. The largest absolute Gasteiger partial charge is 0.391 e. The Morgan fingerprint density at radius 2 is 1.84 bits per heavy atom. The molecule has 0 radical (unpaired) electrons. The predicted molar refractivity (Wildman–Crippen MR) is 88.7 cm³/mol. The highest BCUT2D eigenvalue weighted by atomic mass is 19.1. The van der Waals surface area contributed by atoms with Crippen LogP contribution in [-0.4, -0.2) is 26.9 Å². The molecular formula is C17H17FN4O3. The zero-order valence-corrected chi connectivity index (χ0v) is 13.8. The van der Waals surface area contributed by atoms with E-state index in [1.54, 1.807) is 17.0 Å². The Balaban J connectivity index is 2.21. The summed E-state index contributed by atoms with van der Waals surface area (Å²) >= 11 is 0. The van der Waals surface area contributed by atoms with Gasteiger partial charge >= 0.3 is 5.69 Å². The van der Waals surface area contributed by atoms with Crippen molar-refractivity contribution < 1.29 is 9.50 Å². The number of nitrogens with zero attached hydrogens (tertiary/aromatic N) is 4. The Morgan fingerprint density at radius 3 is 2.44 bits per heavy atom. The molecule has 2 unspecified atom stereocenters. The lowest BCUT2D eigenvalue weighted by Crippen LogP contribution is -2.42. The van der Waals surface area contributed by atoms with Gasteiger partial charge in [0, 0.05) is 20.6 Å². The summed E-state index contributed by atoms with van der Waals surface area (Å²) in [5.41, 5.74) is -0.668. The van der Waals surface area contributed by atoms with Gasteiger partial charge in [0.25, 0.3) is 5.56 Å². The molecule has 2 atom stereocenters. The highest BCUT2D eigenvalue weighted by Crippen LogP contribution is 2.36. The second-order valence-electron chi connectivity index (χ2n) is 6.13. The first kappa shape index (κ1) is 16.9. The van der Waals surface area contributed by atoms with Gasteiger partial charge in [0.05, 0.1) is 12.1 Å². The Bertz CT molecular complexity index is 972. The molecule has 0 bridgehead atoms. The standard InChI is InChI=1S/C17H17FN4O3/c1-20-15(13(8-19)16(24)21(2)17(20)25)22-9-12(23)7-14(22)10-3-5-11(18)6-4-10/h3-6,12,14,23H,7,9H2,1-2H3. The van der Waals surface area contributed by atoms with Gasteiger partial charge in [-0.1, -0.05) is 12.1 Å². The summed E-state index contributed by atoms with van der Waals surface area (Å²) in [4.78, 5) is 26.3. The van der Waals surface area contributed by atoms with Crippen molar-refractivity contribution in [2.24, 2.45) is 14.1 Å². The van der Waals surface area contributed by atoms with Crippen molar-refractivity contribution >= 4 is 5.82 Å². The number of β-amino-alcohol motifs (C(OH)–C–C–N with tert-alkyl or cyclic N) is 1. The number of anilines is 1. The van der Waals surface area contributed by atoms with Gasteiger partial charge in [-0.25, -0.2) is 9.18 Å². The van der Waals surface area contributed by atoms with Gasteiger partial charge in [0.1, 0.15) is 17.7 Å². The van der Waals surface area contributed by atoms with E-state index in [0.717, 1.165) is 10.1 Å². The Kier molecular flexibility index (Phi) is 4.18. The lowest BCUT2D eigenvalue weighted by Gasteiger charge is -2.29. The number of hydrogen-bond acceptors (Lipinski definition) is 5. The average Bonchev–Trinajstić information content (AvgIpc) is 2.98. The number of halogens is 1. The third-order valence-electron chi connectivity index (χ3n) is 4.55. The minimum absolute atomic E-state index is 0.161. The number of aliphatic hydroxyl groups excluding tert-OH is 1. The monoisotopic (exact) mass is 344 g/mol. The topological polar surface area (TPSA) is 91.3 Å². The van der Waals surface area contributed by atoms with Crippen LogP contribution in [0.2, 0.25) is 0 Å². The molecule has 1 aliphatic heterocycles. The van der Waals surface area contributed by atoms with Crippen LogP contribution in [0.4, 0.5) is 10.2 Å². The van der Waals surface area contributed by atoms with Gasteiger partial charge in [-0.2, -0.15) is 5.26 Å². The number of aromatic nitrogens is 2. The quantitative estimate of drug-likeness (QED) is 0.852. The zero-order chi connectivity index (χ0) is 18.3. The smallest absolute Gasteiger partial charge is 0.332 e. The van der Waals surface area contributed by atoms with Crippen LogP contribution in [0.5, 0.6) is 0 Å². The summed E-state index contributed by atoms with van der Waals surface area (Å²) < 4.78 is 15.3. The highest BCUT2D eigenvalue weighted by Gasteiger charge is 2.36. The third kappa shape index (κ3) is 2.72. The van der Waals surface area contributed by atoms with E-state index in [1.807, 2.05) is 6.07 Å². The maximum atomic E-state index is 13.2. The summed E-state index contributed by atoms with van der Waals surface area (Å²) in [6, 6.07) is 7.31. The van der Waals surface area contributed by atoms with Gasteiger partial charge in [0.2, 0.25) is 0 Å². The van der Waals surface area contributed by atoms with Crippen molar-refractivity contribution in [2.75, 3.05) is 11.4 Å².